The zero-order valence-electron chi connectivity index (χ0n) is 41.9. The standard InChI is InChI=1S/C38H48N12O15S3.C4H11NO2.K.Na/c51-17-11-48(12-18-52)36-43-33(39-27-7-9-30(10-8-27)66(57,58)59)42-34(44-36)40-28-5-3-25(31(23-28)67(60,61)62)1-2-26-4-6-29(24-32(26)68(63,64)65)41-35-45-37(49(13-19-53)14-20-54)47-38(46-35)50(15-21-55)16-22-56;6-3-1-5-2-4-7;;/h1-10,23-24,51-56H,11-22H2,(H,57,58,59)(H,60,61,62)(H,63,64,65)(H,41,45,46,47)(H2,39,40,42,43,44);5-7H,1-4H2;;/q;;2*+1/b2-1+;;;. The van der Waals surface area contributed by atoms with Gasteiger partial charge in [0.15, 0.2) is 0 Å². The zero-order chi connectivity index (χ0) is 55.2. The van der Waals surface area contributed by atoms with Gasteiger partial charge >= 0.3 is 80.9 Å². The Balaban J connectivity index is 0.00000210. The number of aliphatic hydroxyl groups excluding tert-OH is 8. The maximum atomic E-state index is 12.7. The van der Waals surface area contributed by atoms with Gasteiger partial charge < -0.3 is 76.8 Å². The summed E-state index contributed by atoms with van der Waals surface area (Å²) in [6.45, 7) is -0.782. The molecule has 0 spiro atoms. The van der Waals surface area contributed by atoms with Gasteiger partial charge in [0.05, 0.1) is 57.8 Å². The molecule has 0 aliphatic rings. The van der Waals surface area contributed by atoms with E-state index in [2.05, 4.69) is 51.2 Å². The van der Waals surface area contributed by atoms with Crippen molar-refractivity contribution in [2.75, 3.05) is 136 Å². The summed E-state index contributed by atoms with van der Waals surface area (Å²) in [6, 6.07) is 12.1. The van der Waals surface area contributed by atoms with E-state index >= 15 is 0 Å². The maximum Gasteiger partial charge on any atom is 1.00 e. The first kappa shape index (κ1) is 69.3. The van der Waals surface area contributed by atoms with Gasteiger partial charge in [-0.05, 0) is 59.7 Å². The van der Waals surface area contributed by atoms with Crippen LogP contribution in [0.5, 0.6) is 0 Å². The molecule has 15 N–H and O–H groups in total. The third-order valence-electron chi connectivity index (χ3n) is 9.83. The third kappa shape index (κ3) is 22.7. The first-order valence-corrected chi connectivity index (χ1v) is 26.7. The Morgan fingerprint density at radius 2 is 0.727 bits per heavy atom. The predicted molar refractivity (Wildman–Crippen MR) is 273 cm³/mol. The molecule has 5 rings (SSSR count). The monoisotopic (exact) mass is 1180 g/mol. The van der Waals surface area contributed by atoms with Crippen LogP contribution in [0.4, 0.5) is 52.8 Å². The minimum atomic E-state index is -5.01. The summed E-state index contributed by atoms with van der Waals surface area (Å²) in [5.74, 6) is -0.659. The Hall–Kier alpha value is -3.77. The van der Waals surface area contributed by atoms with Crippen molar-refractivity contribution >= 4 is 95.3 Å². The van der Waals surface area contributed by atoms with Crippen molar-refractivity contribution in [3.8, 4) is 0 Å². The van der Waals surface area contributed by atoms with Crippen molar-refractivity contribution in [1.29, 1.82) is 0 Å². The number of nitrogens with one attached hydrogen (secondary N) is 4. The van der Waals surface area contributed by atoms with Gasteiger partial charge in [-0.25, -0.2) is 0 Å². The number of rotatable bonds is 30. The van der Waals surface area contributed by atoms with Gasteiger partial charge in [0.25, 0.3) is 30.4 Å². The zero-order valence-corrected chi connectivity index (χ0v) is 49.4. The van der Waals surface area contributed by atoms with Crippen LogP contribution in [0.15, 0.2) is 75.4 Å². The SMILES string of the molecule is O=S(=O)(O)c1ccc(Nc2nc(Nc3ccc(/C=C/c4ccc(Nc5nc(N(CCO)CCO)nc(N(CCO)CCO)n5)cc4S(=O)(=O)O)c(S(=O)(=O)O)c3)nc(N(CCO)CCO)n2)cc1.OCCNCCO.[K+].[Na+]. The number of aromatic nitrogens is 6. The summed E-state index contributed by atoms with van der Waals surface area (Å²) in [5, 5.41) is 85.3. The van der Waals surface area contributed by atoms with Gasteiger partial charge in [0.2, 0.25) is 35.7 Å². The molecule has 2 aromatic heterocycles. The Bertz CT molecular complexity index is 2940. The van der Waals surface area contributed by atoms with Crippen molar-refractivity contribution in [2.24, 2.45) is 0 Å². The minimum absolute atomic E-state index is 0. The van der Waals surface area contributed by atoms with Gasteiger partial charge in [-0.1, -0.05) is 24.3 Å². The molecule has 2 heterocycles. The van der Waals surface area contributed by atoms with Crippen LogP contribution in [0, 0.1) is 0 Å². The second-order valence-corrected chi connectivity index (χ2v) is 19.4. The summed E-state index contributed by atoms with van der Waals surface area (Å²) in [4.78, 5) is 28.5. The van der Waals surface area contributed by atoms with E-state index in [-0.39, 0.29) is 242 Å². The molecule has 30 nitrogen and oxygen atoms in total. The van der Waals surface area contributed by atoms with Crippen molar-refractivity contribution in [3.05, 3.63) is 71.8 Å². The van der Waals surface area contributed by atoms with Crippen molar-refractivity contribution < 1.29 is 161 Å². The number of hydrogen-bond donors (Lipinski definition) is 15. The smallest absolute Gasteiger partial charge is 0.395 e. The summed E-state index contributed by atoms with van der Waals surface area (Å²) < 4.78 is 104. The second kappa shape index (κ2) is 34.4. The molecule has 77 heavy (non-hydrogen) atoms. The fourth-order valence-corrected chi connectivity index (χ4v) is 8.38. The fraction of sp³-hybridized carbons (Fsp3) is 0.381. The maximum absolute atomic E-state index is 12.7. The van der Waals surface area contributed by atoms with E-state index in [0.29, 0.717) is 13.1 Å². The quantitative estimate of drug-likeness (QED) is 0.00879. The number of nitrogens with zero attached hydrogens (tertiary/aromatic N) is 9. The Kier molecular flexibility index (Phi) is 31.0. The van der Waals surface area contributed by atoms with Crippen LogP contribution >= 0.6 is 0 Å². The molecule has 0 unspecified atom stereocenters. The molecule has 0 aliphatic heterocycles. The van der Waals surface area contributed by atoms with E-state index in [0.717, 1.165) is 36.4 Å². The Morgan fingerprint density at radius 3 is 1.04 bits per heavy atom. The van der Waals surface area contributed by atoms with Gasteiger partial charge in [-0.3, -0.25) is 13.7 Å². The van der Waals surface area contributed by atoms with E-state index < -0.39 is 40.1 Å². The molecule has 5 aromatic rings. The van der Waals surface area contributed by atoms with Crippen molar-refractivity contribution in [1.82, 2.24) is 35.2 Å². The number of aliphatic hydroxyl groups is 8. The molecule has 0 saturated heterocycles. The van der Waals surface area contributed by atoms with E-state index in [1.165, 1.54) is 51.1 Å². The van der Waals surface area contributed by atoms with E-state index in [1.54, 1.807) is 0 Å². The minimum Gasteiger partial charge on any atom is -0.395 e. The molecule has 412 valence electrons. The van der Waals surface area contributed by atoms with E-state index in [9.17, 15) is 69.6 Å². The average Bonchev–Trinajstić information content (AvgIpc) is 3.35. The van der Waals surface area contributed by atoms with Crippen LogP contribution in [-0.4, -0.2) is 215 Å². The van der Waals surface area contributed by atoms with E-state index in [1.807, 2.05) is 0 Å². The molecular weight excluding hydrogens is 1120 g/mol. The molecule has 0 bridgehead atoms. The normalized spacial score (nSPS) is 11.5. The third-order valence-corrected chi connectivity index (χ3v) is 12.5. The Morgan fingerprint density at radius 1 is 0.416 bits per heavy atom. The van der Waals surface area contributed by atoms with Gasteiger partial charge in [0.1, 0.15) is 9.79 Å². The molecule has 0 fully saturated rings. The van der Waals surface area contributed by atoms with Crippen LogP contribution in [0.2, 0.25) is 0 Å². The van der Waals surface area contributed by atoms with Gasteiger partial charge in [0, 0.05) is 69.4 Å². The summed E-state index contributed by atoms with van der Waals surface area (Å²) >= 11 is 0. The van der Waals surface area contributed by atoms with Crippen LogP contribution in [-0.2, 0) is 30.4 Å². The number of anilines is 9. The first-order chi connectivity index (χ1) is 35.7. The molecule has 3 aromatic carbocycles. The molecule has 0 aliphatic carbocycles. The summed E-state index contributed by atoms with van der Waals surface area (Å²) in [6.07, 6.45) is 2.31. The predicted octanol–water partition coefficient (Wildman–Crippen LogP) is -7.86. The summed E-state index contributed by atoms with van der Waals surface area (Å²) in [5.41, 5.74) is -0.0200. The largest absolute Gasteiger partial charge is 1.00 e. The van der Waals surface area contributed by atoms with Crippen molar-refractivity contribution in [2.45, 2.75) is 14.7 Å². The fourth-order valence-electron chi connectivity index (χ4n) is 6.48. The van der Waals surface area contributed by atoms with Gasteiger partial charge in [-0.2, -0.15) is 55.2 Å². The Labute approximate surface area is 508 Å². The average molecular weight is 1180 g/mol. The number of hydrogen-bond acceptors (Lipinski definition) is 27. The molecular formula is C42H59KN13NaO17S3+2. The van der Waals surface area contributed by atoms with E-state index in [4.69, 9.17) is 10.2 Å². The van der Waals surface area contributed by atoms with Gasteiger partial charge in [-0.15, -0.1) is 0 Å². The second-order valence-electron chi connectivity index (χ2n) is 15.2. The first-order valence-electron chi connectivity index (χ1n) is 22.4. The van der Waals surface area contributed by atoms with Crippen molar-refractivity contribution in [3.63, 3.8) is 0 Å². The molecule has 0 atom stereocenters. The van der Waals surface area contributed by atoms with Crippen LogP contribution in [0.1, 0.15) is 11.1 Å². The number of benzene rings is 3. The van der Waals surface area contributed by atoms with Crippen LogP contribution in [0.3, 0.4) is 0 Å². The molecule has 0 amide bonds. The molecule has 0 saturated carbocycles. The molecule has 35 heteroatoms. The van der Waals surface area contributed by atoms with Crippen LogP contribution < -0.4 is 117 Å². The molecule has 0 radical (unpaired) electrons. The summed E-state index contributed by atoms with van der Waals surface area (Å²) in [7, 11) is -14.5. The van der Waals surface area contributed by atoms with Crippen LogP contribution in [0.25, 0.3) is 12.2 Å². The topological polar surface area (TPSA) is 460 Å².